The second-order valence-electron chi connectivity index (χ2n) is 7.45. The van der Waals surface area contributed by atoms with E-state index in [0.29, 0.717) is 17.9 Å². The van der Waals surface area contributed by atoms with Gasteiger partial charge in [0.25, 0.3) is 0 Å². The van der Waals surface area contributed by atoms with Crippen LogP contribution in [0.5, 0.6) is 0 Å². The van der Waals surface area contributed by atoms with E-state index in [1.807, 2.05) is 32.0 Å². The molecule has 1 amide bonds. The second-order valence-corrected chi connectivity index (χ2v) is 9.77. The molecule has 8 nitrogen and oxygen atoms in total. The van der Waals surface area contributed by atoms with Crippen molar-refractivity contribution in [1.29, 1.82) is 0 Å². The van der Waals surface area contributed by atoms with Crippen LogP contribution in [0.3, 0.4) is 0 Å². The van der Waals surface area contributed by atoms with Crippen LogP contribution in [0.2, 0.25) is 5.02 Å². The summed E-state index contributed by atoms with van der Waals surface area (Å²) in [5.74, 6) is -0.226. The van der Waals surface area contributed by atoms with Crippen LogP contribution < -0.4 is 5.32 Å². The predicted molar refractivity (Wildman–Crippen MR) is 116 cm³/mol. The molecule has 31 heavy (non-hydrogen) atoms. The summed E-state index contributed by atoms with van der Waals surface area (Å²) in [6.45, 7) is 4.17. The van der Waals surface area contributed by atoms with Gasteiger partial charge in [-0.3, -0.25) is 10.1 Å². The zero-order valence-electron chi connectivity index (χ0n) is 17.0. The zero-order chi connectivity index (χ0) is 22.2. The number of benzene rings is 2. The van der Waals surface area contributed by atoms with E-state index in [9.17, 15) is 13.2 Å². The molecule has 0 radical (unpaired) electrons. The quantitative estimate of drug-likeness (QED) is 0.620. The third-order valence-corrected chi connectivity index (χ3v) is 7.37. The first-order valence-electron chi connectivity index (χ1n) is 9.75. The molecule has 1 saturated heterocycles. The van der Waals surface area contributed by atoms with Crippen molar-refractivity contribution in [2.24, 2.45) is 0 Å². The fraction of sp³-hybridized carbons (Fsp3) is 0.286. The fourth-order valence-electron chi connectivity index (χ4n) is 3.66. The van der Waals surface area contributed by atoms with Crippen molar-refractivity contribution in [3.8, 4) is 11.5 Å². The molecule has 3 aromatic rings. The number of nitrogens with zero attached hydrogens (tertiary/aromatic N) is 3. The highest BCUT2D eigenvalue weighted by Crippen LogP contribution is 2.28. The Hall–Kier alpha value is -2.75. The molecule has 2 aromatic carbocycles. The summed E-state index contributed by atoms with van der Waals surface area (Å²) in [4.78, 5) is 12.9. The topological polar surface area (TPSA) is 105 Å². The molecule has 0 unspecified atom stereocenters. The predicted octanol–water partition coefficient (Wildman–Crippen LogP) is 3.80. The van der Waals surface area contributed by atoms with Gasteiger partial charge >= 0.3 is 6.01 Å². The smallest absolute Gasteiger partial charge is 0.322 e. The Balaban J connectivity index is 1.52. The lowest BCUT2D eigenvalue weighted by atomic mass is 10.1. The van der Waals surface area contributed by atoms with E-state index in [2.05, 4.69) is 15.5 Å². The van der Waals surface area contributed by atoms with E-state index in [1.165, 1.54) is 28.6 Å². The fourth-order valence-corrected chi connectivity index (χ4v) is 5.44. The van der Waals surface area contributed by atoms with Crippen molar-refractivity contribution in [3.63, 3.8) is 0 Å². The van der Waals surface area contributed by atoms with Crippen molar-refractivity contribution in [1.82, 2.24) is 14.5 Å². The third kappa shape index (κ3) is 4.34. The number of rotatable bonds is 5. The van der Waals surface area contributed by atoms with Crippen LogP contribution in [0, 0.1) is 13.8 Å². The normalized spacial score (nSPS) is 17.1. The highest BCUT2D eigenvalue weighted by atomic mass is 35.5. The van der Waals surface area contributed by atoms with Gasteiger partial charge in [0.05, 0.1) is 4.90 Å². The summed E-state index contributed by atoms with van der Waals surface area (Å²) in [5.41, 5.74) is 2.85. The van der Waals surface area contributed by atoms with Gasteiger partial charge in [0, 0.05) is 17.1 Å². The monoisotopic (exact) mass is 460 g/mol. The molecule has 0 saturated carbocycles. The maximum absolute atomic E-state index is 13.0. The largest absolute Gasteiger partial charge is 0.403 e. The molecule has 1 N–H and O–H groups in total. The minimum Gasteiger partial charge on any atom is -0.403 e. The van der Waals surface area contributed by atoms with Crippen LogP contribution >= 0.6 is 11.6 Å². The minimum atomic E-state index is -3.84. The molecule has 1 atom stereocenters. The third-order valence-electron chi connectivity index (χ3n) is 5.19. The first kappa shape index (κ1) is 21.5. The Morgan fingerprint density at radius 1 is 1.16 bits per heavy atom. The minimum absolute atomic E-state index is 0.0734. The Bertz CT molecular complexity index is 1220. The number of carbonyl (C=O) groups is 1. The Labute approximate surface area is 185 Å². The Morgan fingerprint density at radius 3 is 2.61 bits per heavy atom. The van der Waals surface area contributed by atoms with Crippen LogP contribution in [0.4, 0.5) is 6.01 Å². The summed E-state index contributed by atoms with van der Waals surface area (Å²) >= 11 is 5.86. The van der Waals surface area contributed by atoms with E-state index in [0.717, 1.165) is 16.7 Å². The number of hydrogen-bond acceptors (Lipinski definition) is 6. The number of hydrogen-bond donors (Lipinski definition) is 1. The number of nitrogens with one attached hydrogen (secondary N) is 1. The maximum Gasteiger partial charge on any atom is 0.322 e. The van der Waals surface area contributed by atoms with E-state index in [1.54, 1.807) is 0 Å². The highest BCUT2D eigenvalue weighted by Gasteiger charge is 2.39. The Morgan fingerprint density at radius 2 is 1.90 bits per heavy atom. The zero-order valence-corrected chi connectivity index (χ0v) is 18.6. The summed E-state index contributed by atoms with van der Waals surface area (Å²) in [6, 6.07) is 10.7. The number of anilines is 1. The lowest BCUT2D eigenvalue weighted by molar-refractivity contribution is -0.119. The maximum atomic E-state index is 13.0. The van der Waals surface area contributed by atoms with Crippen molar-refractivity contribution < 1.29 is 17.6 Å². The average Bonchev–Trinajstić information content (AvgIpc) is 3.38. The lowest BCUT2D eigenvalue weighted by Gasteiger charge is -2.22. The van der Waals surface area contributed by atoms with E-state index in [-0.39, 0.29) is 23.3 Å². The van der Waals surface area contributed by atoms with Gasteiger partial charge in [-0.15, -0.1) is 5.10 Å². The summed E-state index contributed by atoms with van der Waals surface area (Å²) in [7, 11) is -3.84. The molecule has 4 rings (SSSR count). The van der Waals surface area contributed by atoms with Gasteiger partial charge in [0.15, 0.2) is 0 Å². The molecule has 1 aliphatic heterocycles. The van der Waals surface area contributed by atoms with Crippen molar-refractivity contribution in [2.45, 2.75) is 37.6 Å². The lowest BCUT2D eigenvalue weighted by Crippen LogP contribution is -2.43. The highest BCUT2D eigenvalue weighted by molar-refractivity contribution is 7.89. The molecule has 10 heteroatoms. The van der Waals surface area contributed by atoms with Gasteiger partial charge in [-0.1, -0.05) is 34.4 Å². The van der Waals surface area contributed by atoms with Crippen LogP contribution in [-0.2, 0) is 14.8 Å². The molecule has 1 fully saturated rings. The van der Waals surface area contributed by atoms with E-state index >= 15 is 0 Å². The molecule has 162 valence electrons. The molecule has 0 spiro atoms. The van der Waals surface area contributed by atoms with E-state index < -0.39 is 22.0 Å². The number of halogens is 1. The van der Waals surface area contributed by atoms with Crippen LogP contribution in [0.1, 0.15) is 24.0 Å². The average molecular weight is 461 g/mol. The number of amides is 1. The van der Waals surface area contributed by atoms with Crippen molar-refractivity contribution in [3.05, 3.63) is 58.6 Å². The standard InChI is InChI=1S/C21H21ClN4O4S/c1-13-5-10-17(14(2)12-13)20-24-25-21(30-20)23-19(27)18-4-3-11-26(18)31(28,29)16-8-6-15(22)7-9-16/h5-10,12,18H,3-4,11H2,1-2H3,(H,23,25,27)/t18-/m1/s1. The van der Waals surface area contributed by atoms with Gasteiger partial charge < -0.3 is 4.42 Å². The molecule has 1 aliphatic rings. The van der Waals surface area contributed by atoms with Gasteiger partial charge in [0.2, 0.25) is 21.8 Å². The number of aromatic nitrogens is 2. The molecule has 0 bridgehead atoms. The Kier molecular flexibility index (Phi) is 5.83. The number of carbonyl (C=O) groups excluding carboxylic acids is 1. The molecule has 2 heterocycles. The number of sulfonamides is 1. The van der Waals surface area contributed by atoms with Gasteiger partial charge in [-0.25, -0.2) is 8.42 Å². The first-order chi connectivity index (χ1) is 14.8. The van der Waals surface area contributed by atoms with Crippen LogP contribution in [0.25, 0.3) is 11.5 Å². The van der Waals surface area contributed by atoms with Gasteiger partial charge in [-0.05, 0) is 62.6 Å². The van der Waals surface area contributed by atoms with Crippen LogP contribution in [0.15, 0.2) is 51.8 Å². The van der Waals surface area contributed by atoms with Crippen LogP contribution in [-0.4, -0.2) is 41.4 Å². The van der Waals surface area contributed by atoms with Crippen molar-refractivity contribution >= 4 is 33.5 Å². The summed E-state index contributed by atoms with van der Waals surface area (Å²) in [6.07, 6.45) is 0.971. The van der Waals surface area contributed by atoms with Gasteiger partial charge in [0.1, 0.15) is 6.04 Å². The summed E-state index contributed by atoms with van der Waals surface area (Å²) in [5, 5.41) is 10.9. The van der Waals surface area contributed by atoms with E-state index in [4.69, 9.17) is 16.0 Å². The SMILES string of the molecule is Cc1ccc(-c2nnc(NC(=O)[C@H]3CCCN3S(=O)(=O)c3ccc(Cl)cc3)o2)c(C)c1. The molecular weight excluding hydrogens is 440 g/mol. The first-order valence-corrected chi connectivity index (χ1v) is 11.6. The van der Waals surface area contributed by atoms with Gasteiger partial charge in [-0.2, -0.15) is 4.31 Å². The number of aryl methyl sites for hydroxylation is 2. The molecule has 0 aliphatic carbocycles. The molecule has 1 aromatic heterocycles. The second kappa shape index (κ2) is 8.41. The van der Waals surface area contributed by atoms with Crippen molar-refractivity contribution in [2.75, 3.05) is 11.9 Å². The summed E-state index contributed by atoms with van der Waals surface area (Å²) < 4.78 is 32.8. The molecular formula is C21H21ClN4O4S.